The van der Waals surface area contributed by atoms with Gasteiger partial charge in [-0.25, -0.2) is 9.82 Å². The van der Waals surface area contributed by atoms with Crippen LogP contribution in [0, 0.1) is 5.82 Å². The molecule has 0 fully saturated rings. The van der Waals surface area contributed by atoms with E-state index < -0.39 is 23.5 Å². The minimum Gasteiger partial charge on any atom is -0.493 e. The fraction of sp³-hybridized carbons (Fsp3) is 0.0833. The number of halogens is 3. The SMILES string of the molecule is COc1cc(/C=N\NC(=O)C(=O)Nc2ccc(F)cc2)cc(Cl)c1OCC(=O)Nc1ccccc1Cl. The molecule has 0 aromatic heterocycles. The molecule has 12 heteroatoms. The minimum absolute atomic E-state index is 0.113. The second kappa shape index (κ2) is 12.5. The lowest BCUT2D eigenvalue weighted by molar-refractivity contribution is -0.136. The summed E-state index contributed by atoms with van der Waals surface area (Å²) in [7, 11) is 1.38. The maximum absolute atomic E-state index is 12.9. The lowest BCUT2D eigenvalue weighted by Gasteiger charge is -2.13. The average molecular weight is 533 g/mol. The van der Waals surface area contributed by atoms with Crippen LogP contribution in [0.1, 0.15) is 5.56 Å². The van der Waals surface area contributed by atoms with Gasteiger partial charge in [0.2, 0.25) is 0 Å². The third-order valence-electron chi connectivity index (χ3n) is 4.44. The lowest BCUT2D eigenvalue weighted by Crippen LogP contribution is -2.32. The second-order valence-electron chi connectivity index (χ2n) is 7.01. The van der Waals surface area contributed by atoms with Crippen LogP contribution in [0.3, 0.4) is 0 Å². The first-order valence-electron chi connectivity index (χ1n) is 10.2. The monoisotopic (exact) mass is 532 g/mol. The van der Waals surface area contributed by atoms with Gasteiger partial charge in [0.1, 0.15) is 5.82 Å². The van der Waals surface area contributed by atoms with Gasteiger partial charge in [-0.05, 0) is 54.1 Å². The summed E-state index contributed by atoms with van der Waals surface area (Å²) in [4.78, 5) is 36.1. The Morgan fingerprint density at radius 1 is 0.972 bits per heavy atom. The Hall–Kier alpha value is -4.15. The van der Waals surface area contributed by atoms with Gasteiger partial charge in [-0.1, -0.05) is 35.3 Å². The summed E-state index contributed by atoms with van der Waals surface area (Å²) in [6.45, 7) is -0.367. The van der Waals surface area contributed by atoms with E-state index in [4.69, 9.17) is 32.7 Å². The molecule has 0 aliphatic heterocycles. The summed E-state index contributed by atoms with van der Waals surface area (Å²) in [5, 5.41) is 9.14. The highest BCUT2D eigenvalue weighted by Crippen LogP contribution is 2.36. The zero-order chi connectivity index (χ0) is 26.1. The van der Waals surface area contributed by atoms with Crippen molar-refractivity contribution in [3.63, 3.8) is 0 Å². The Bertz CT molecular complexity index is 1300. The van der Waals surface area contributed by atoms with Gasteiger partial charge in [-0.2, -0.15) is 5.10 Å². The van der Waals surface area contributed by atoms with Gasteiger partial charge >= 0.3 is 11.8 Å². The Labute approximate surface area is 215 Å². The lowest BCUT2D eigenvalue weighted by atomic mass is 10.2. The van der Waals surface area contributed by atoms with Crippen LogP contribution in [-0.4, -0.2) is 37.7 Å². The highest BCUT2D eigenvalue weighted by Gasteiger charge is 2.15. The van der Waals surface area contributed by atoms with Crippen molar-refractivity contribution >= 4 is 58.5 Å². The first-order chi connectivity index (χ1) is 17.3. The number of nitrogens with one attached hydrogen (secondary N) is 3. The summed E-state index contributed by atoms with van der Waals surface area (Å²) in [6, 6.07) is 14.6. The highest BCUT2D eigenvalue weighted by molar-refractivity contribution is 6.39. The zero-order valence-corrected chi connectivity index (χ0v) is 20.2. The standard InChI is InChI=1S/C24H19Cl2FN4O5/c1-35-20-11-14(12-28-31-24(34)23(33)29-16-8-6-15(27)7-9-16)10-18(26)22(20)36-13-21(32)30-19-5-3-2-4-17(19)25/h2-12H,13H2,1H3,(H,29,33)(H,30,32)(H,31,34)/b28-12-. The maximum atomic E-state index is 12.9. The summed E-state index contributed by atoms with van der Waals surface area (Å²) >= 11 is 12.3. The van der Waals surface area contributed by atoms with E-state index in [0.717, 1.165) is 12.1 Å². The quantitative estimate of drug-likeness (QED) is 0.227. The number of amides is 3. The van der Waals surface area contributed by atoms with E-state index in [0.29, 0.717) is 16.3 Å². The van der Waals surface area contributed by atoms with Crippen molar-refractivity contribution in [3.05, 3.63) is 82.1 Å². The van der Waals surface area contributed by atoms with Crippen LogP contribution >= 0.6 is 23.2 Å². The predicted molar refractivity (Wildman–Crippen MR) is 134 cm³/mol. The molecule has 0 saturated carbocycles. The maximum Gasteiger partial charge on any atom is 0.329 e. The number of para-hydroxylation sites is 1. The summed E-state index contributed by atoms with van der Waals surface area (Å²) in [6.07, 6.45) is 1.23. The molecule has 3 aromatic rings. The van der Waals surface area contributed by atoms with Crippen LogP contribution in [0.25, 0.3) is 0 Å². The number of rotatable bonds is 8. The van der Waals surface area contributed by atoms with Gasteiger partial charge in [0, 0.05) is 5.69 Å². The first-order valence-corrected chi connectivity index (χ1v) is 11.0. The number of hydrogen-bond donors (Lipinski definition) is 3. The molecule has 3 amide bonds. The fourth-order valence-corrected chi connectivity index (χ4v) is 3.23. The first kappa shape index (κ1) is 26.5. The number of ether oxygens (including phenoxy) is 2. The molecule has 3 aromatic carbocycles. The molecule has 3 N–H and O–H groups in total. The number of anilines is 2. The van der Waals surface area contributed by atoms with Crippen molar-refractivity contribution in [1.29, 1.82) is 0 Å². The topological polar surface area (TPSA) is 118 Å². The Balaban J connectivity index is 1.58. The van der Waals surface area contributed by atoms with Crippen molar-refractivity contribution < 1.29 is 28.2 Å². The van der Waals surface area contributed by atoms with Crippen molar-refractivity contribution in [2.75, 3.05) is 24.4 Å². The van der Waals surface area contributed by atoms with E-state index in [9.17, 15) is 18.8 Å². The molecule has 186 valence electrons. The van der Waals surface area contributed by atoms with Gasteiger partial charge in [0.05, 0.1) is 29.1 Å². The molecule has 0 atom stereocenters. The number of hydrogen-bond acceptors (Lipinski definition) is 6. The van der Waals surface area contributed by atoms with Gasteiger partial charge in [-0.3, -0.25) is 14.4 Å². The zero-order valence-electron chi connectivity index (χ0n) is 18.7. The smallest absolute Gasteiger partial charge is 0.329 e. The Morgan fingerprint density at radius 2 is 1.69 bits per heavy atom. The number of hydrazone groups is 1. The van der Waals surface area contributed by atoms with E-state index in [1.807, 2.05) is 0 Å². The minimum atomic E-state index is -1.04. The van der Waals surface area contributed by atoms with Crippen LogP contribution in [0.2, 0.25) is 10.0 Å². The molecule has 3 rings (SSSR count). The highest BCUT2D eigenvalue weighted by atomic mass is 35.5. The van der Waals surface area contributed by atoms with Crippen LogP contribution in [0.5, 0.6) is 11.5 Å². The van der Waals surface area contributed by atoms with Gasteiger partial charge in [0.15, 0.2) is 18.1 Å². The largest absolute Gasteiger partial charge is 0.493 e. The molecular weight excluding hydrogens is 514 g/mol. The average Bonchev–Trinajstić information content (AvgIpc) is 2.85. The molecule has 0 unspecified atom stereocenters. The Morgan fingerprint density at radius 3 is 2.39 bits per heavy atom. The summed E-state index contributed by atoms with van der Waals surface area (Å²) < 4.78 is 23.7. The third kappa shape index (κ3) is 7.42. The molecular formula is C24H19Cl2FN4O5. The molecule has 0 heterocycles. The second-order valence-corrected chi connectivity index (χ2v) is 7.83. The molecule has 0 aliphatic carbocycles. The third-order valence-corrected chi connectivity index (χ3v) is 5.05. The van der Waals surface area contributed by atoms with E-state index in [-0.39, 0.29) is 28.8 Å². The number of benzene rings is 3. The number of carbonyl (C=O) groups is 3. The molecule has 0 aliphatic rings. The number of methoxy groups -OCH3 is 1. The molecule has 0 spiro atoms. The molecule has 9 nitrogen and oxygen atoms in total. The molecule has 36 heavy (non-hydrogen) atoms. The van der Waals surface area contributed by atoms with Crippen LogP contribution in [0.15, 0.2) is 65.8 Å². The van der Waals surface area contributed by atoms with Gasteiger partial charge in [-0.15, -0.1) is 0 Å². The van der Waals surface area contributed by atoms with Crippen molar-refractivity contribution in [2.45, 2.75) is 0 Å². The van der Waals surface area contributed by atoms with E-state index in [2.05, 4.69) is 21.2 Å². The van der Waals surface area contributed by atoms with E-state index in [1.54, 1.807) is 24.3 Å². The molecule has 0 saturated heterocycles. The van der Waals surface area contributed by atoms with Gasteiger partial charge < -0.3 is 20.1 Å². The van der Waals surface area contributed by atoms with Gasteiger partial charge in [0.25, 0.3) is 5.91 Å². The fourth-order valence-electron chi connectivity index (χ4n) is 2.78. The molecule has 0 radical (unpaired) electrons. The predicted octanol–water partition coefficient (Wildman–Crippen LogP) is 4.25. The number of nitrogens with zero attached hydrogens (tertiary/aromatic N) is 1. The van der Waals surface area contributed by atoms with Crippen molar-refractivity contribution in [2.24, 2.45) is 5.10 Å². The molecule has 0 bridgehead atoms. The van der Waals surface area contributed by atoms with Crippen LogP contribution in [-0.2, 0) is 14.4 Å². The summed E-state index contributed by atoms with van der Waals surface area (Å²) in [5.74, 6) is -2.66. The van der Waals surface area contributed by atoms with Crippen molar-refractivity contribution in [3.8, 4) is 11.5 Å². The number of carbonyl (C=O) groups excluding carboxylic acids is 3. The van der Waals surface area contributed by atoms with E-state index >= 15 is 0 Å². The van der Waals surface area contributed by atoms with Crippen molar-refractivity contribution in [1.82, 2.24) is 5.43 Å². The van der Waals surface area contributed by atoms with E-state index in [1.165, 1.54) is 37.6 Å². The van der Waals surface area contributed by atoms with Crippen LogP contribution in [0.4, 0.5) is 15.8 Å². The summed E-state index contributed by atoms with van der Waals surface area (Å²) in [5.41, 5.74) is 3.15. The normalized spacial score (nSPS) is 10.6. The van der Waals surface area contributed by atoms with Crippen LogP contribution < -0.4 is 25.5 Å². The Kier molecular flexibility index (Phi) is 9.20.